The van der Waals surface area contributed by atoms with Gasteiger partial charge in [0.1, 0.15) is 0 Å². The minimum Gasteiger partial charge on any atom is -0.481 e. The van der Waals surface area contributed by atoms with Gasteiger partial charge >= 0.3 is 5.97 Å². The number of nitrogens with zero attached hydrogens (tertiary/aromatic N) is 2. The molecule has 0 radical (unpaired) electrons. The van der Waals surface area contributed by atoms with Crippen LogP contribution in [0.15, 0.2) is 4.47 Å². The molecule has 0 spiro atoms. The Morgan fingerprint density at radius 2 is 2.19 bits per heavy atom. The molecular formula is C16H25BrN2O2. The second kappa shape index (κ2) is 6.11. The molecule has 0 bridgehead atoms. The van der Waals surface area contributed by atoms with E-state index in [1.165, 1.54) is 0 Å². The van der Waals surface area contributed by atoms with Crippen LogP contribution in [0, 0.1) is 24.2 Å². The van der Waals surface area contributed by atoms with Crippen LogP contribution in [0.2, 0.25) is 0 Å². The third-order valence-corrected chi connectivity index (χ3v) is 5.77. The average molecular weight is 357 g/mol. The average Bonchev–Trinajstić information content (AvgIpc) is 2.65. The highest BCUT2D eigenvalue weighted by atomic mass is 79.9. The number of carboxylic acid groups (broad SMARTS) is 1. The fraction of sp³-hybridized carbons (Fsp3) is 0.750. The topological polar surface area (TPSA) is 55.1 Å². The highest BCUT2D eigenvalue weighted by Crippen LogP contribution is 2.44. The molecule has 21 heavy (non-hydrogen) atoms. The summed E-state index contributed by atoms with van der Waals surface area (Å²) >= 11 is 3.62. The maximum Gasteiger partial charge on any atom is 0.306 e. The molecule has 0 saturated heterocycles. The largest absolute Gasteiger partial charge is 0.481 e. The first kappa shape index (κ1) is 16.5. The summed E-state index contributed by atoms with van der Waals surface area (Å²) in [5.41, 5.74) is 2.35. The Balaban J connectivity index is 2.28. The Morgan fingerprint density at radius 1 is 1.52 bits per heavy atom. The van der Waals surface area contributed by atoms with E-state index in [1.807, 2.05) is 11.6 Å². The zero-order valence-corrected chi connectivity index (χ0v) is 14.9. The molecule has 1 aliphatic carbocycles. The summed E-state index contributed by atoms with van der Waals surface area (Å²) in [6.07, 6.45) is 3.53. The van der Waals surface area contributed by atoms with Gasteiger partial charge in [-0.3, -0.25) is 9.48 Å². The molecule has 0 amide bonds. The number of carboxylic acids is 1. The fourth-order valence-electron chi connectivity index (χ4n) is 3.59. The second-order valence-corrected chi connectivity index (χ2v) is 7.77. The van der Waals surface area contributed by atoms with Gasteiger partial charge in [-0.1, -0.05) is 13.8 Å². The summed E-state index contributed by atoms with van der Waals surface area (Å²) in [6, 6.07) is 0. The highest BCUT2D eigenvalue weighted by Gasteiger charge is 2.39. The Bertz CT molecular complexity index is 537. The van der Waals surface area contributed by atoms with Gasteiger partial charge in [-0.15, -0.1) is 0 Å². The first-order valence-electron chi connectivity index (χ1n) is 7.69. The SMILES string of the molecule is CCn1nc(C)c(Br)c1CC1CC(C)(C)CCC1C(=O)O. The number of carbonyl (C=O) groups is 1. The van der Waals surface area contributed by atoms with Gasteiger partial charge in [0.05, 0.1) is 21.8 Å². The van der Waals surface area contributed by atoms with E-state index < -0.39 is 5.97 Å². The van der Waals surface area contributed by atoms with E-state index in [4.69, 9.17) is 0 Å². The molecule has 2 unspecified atom stereocenters. The van der Waals surface area contributed by atoms with Crippen molar-refractivity contribution in [2.24, 2.45) is 17.3 Å². The van der Waals surface area contributed by atoms with Gasteiger partial charge in [0.25, 0.3) is 0 Å². The number of aromatic nitrogens is 2. The molecule has 2 rings (SSSR count). The number of aryl methyl sites for hydroxylation is 2. The van der Waals surface area contributed by atoms with Crippen molar-refractivity contribution in [1.29, 1.82) is 0 Å². The zero-order valence-electron chi connectivity index (χ0n) is 13.3. The van der Waals surface area contributed by atoms with Crippen molar-refractivity contribution < 1.29 is 9.90 Å². The lowest BCUT2D eigenvalue weighted by Crippen LogP contribution is -2.35. The number of aliphatic carboxylic acids is 1. The van der Waals surface area contributed by atoms with Crippen LogP contribution in [-0.2, 0) is 17.8 Å². The molecule has 1 N–H and O–H groups in total. The monoisotopic (exact) mass is 356 g/mol. The van der Waals surface area contributed by atoms with E-state index in [0.717, 1.165) is 48.1 Å². The van der Waals surface area contributed by atoms with Gasteiger partial charge < -0.3 is 5.11 Å². The van der Waals surface area contributed by atoms with Crippen LogP contribution in [0.3, 0.4) is 0 Å². The smallest absolute Gasteiger partial charge is 0.306 e. The summed E-state index contributed by atoms with van der Waals surface area (Å²) in [5, 5.41) is 14.0. The van der Waals surface area contributed by atoms with E-state index in [0.29, 0.717) is 0 Å². The molecule has 118 valence electrons. The van der Waals surface area contributed by atoms with Gasteiger partial charge in [0.2, 0.25) is 0 Å². The molecule has 0 aliphatic heterocycles. The van der Waals surface area contributed by atoms with Crippen LogP contribution in [-0.4, -0.2) is 20.9 Å². The minimum atomic E-state index is -0.647. The summed E-state index contributed by atoms with van der Waals surface area (Å²) < 4.78 is 3.04. The molecule has 4 nitrogen and oxygen atoms in total. The molecule has 2 atom stereocenters. The van der Waals surface area contributed by atoms with Crippen LogP contribution in [0.4, 0.5) is 0 Å². The molecule has 1 fully saturated rings. The van der Waals surface area contributed by atoms with Gasteiger partial charge in [0, 0.05) is 6.54 Å². The van der Waals surface area contributed by atoms with E-state index in [1.54, 1.807) is 0 Å². The van der Waals surface area contributed by atoms with Crippen LogP contribution in [0.5, 0.6) is 0 Å². The third kappa shape index (κ3) is 3.50. The number of hydrogen-bond donors (Lipinski definition) is 1. The van der Waals surface area contributed by atoms with Gasteiger partial charge in [-0.05, 0) is 66.8 Å². The minimum absolute atomic E-state index is 0.184. The van der Waals surface area contributed by atoms with Crippen molar-refractivity contribution in [2.45, 2.75) is 59.9 Å². The number of halogens is 1. The lowest BCUT2D eigenvalue weighted by atomic mass is 9.66. The van der Waals surface area contributed by atoms with Crippen molar-refractivity contribution in [2.75, 3.05) is 0 Å². The van der Waals surface area contributed by atoms with Crippen LogP contribution >= 0.6 is 15.9 Å². The van der Waals surface area contributed by atoms with Crippen molar-refractivity contribution >= 4 is 21.9 Å². The summed E-state index contributed by atoms with van der Waals surface area (Å²) in [4.78, 5) is 11.6. The first-order chi connectivity index (χ1) is 9.75. The standard InChI is InChI=1S/C16H25BrN2O2/c1-5-19-13(14(17)10(2)18-19)8-11-9-16(3,4)7-6-12(11)15(20)21/h11-12H,5-9H2,1-4H3,(H,20,21). The van der Waals surface area contributed by atoms with Crippen LogP contribution < -0.4 is 0 Å². The van der Waals surface area contributed by atoms with Crippen molar-refractivity contribution in [3.8, 4) is 0 Å². The Kier molecular flexibility index (Phi) is 4.81. The zero-order chi connectivity index (χ0) is 15.8. The Morgan fingerprint density at radius 3 is 2.76 bits per heavy atom. The fourth-order valence-corrected chi connectivity index (χ4v) is 4.03. The molecule has 0 aromatic carbocycles. The Hall–Kier alpha value is -0.840. The maximum absolute atomic E-state index is 11.6. The summed E-state index contributed by atoms with van der Waals surface area (Å²) in [7, 11) is 0. The van der Waals surface area contributed by atoms with Crippen LogP contribution in [0.25, 0.3) is 0 Å². The molecule has 1 aliphatic rings. The molecule has 5 heteroatoms. The predicted octanol–water partition coefficient (Wildman–Crippen LogP) is 4.04. The molecule has 1 heterocycles. The van der Waals surface area contributed by atoms with Crippen molar-refractivity contribution in [3.63, 3.8) is 0 Å². The van der Waals surface area contributed by atoms with Gasteiger partial charge in [-0.2, -0.15) is 5.10 Å². The first-order valence-corrected chi connectivity index (χ1v) is 8.49. The molecular weight excluding hydrogens is 332 g/mol. The van der Waals surface area contributed by atoms with Crippen LogP contribution in [0.1, 0.15) is 51.4 Å². The lowest BCUT2D eigenvalue weighted by molar-refractivity contribution is -0.146. The maximum atomic E-state index is 11.6. The van der Waals surface area contributed by atoms with E-state index in [-0.39, 0.29) is 17.3 Å². The Labute approximate surface area is 135 Å². The van der Waals surface area contributed by atoms with Crippen molar-refractivity contribution in [3.05, 3.63) is 15.9 Å². The number of hydrogen-bond acceptors (Lipinski definition) is 2. The molecule has 1 saturated carbocycles. The van der Waals surface area contributed by atoms with E-state index in [2.05, 4.69) is 41.8 Å². The number of rotatable bonds is 4. The van der Waals surface area contributed by atoms with Gasteiger partial charge in [-0.25, -0.2) is 0 Å². The van der Waals surface area contributed by atoms with Crippen molar-refractivity contribution in [1.82, 2.24) is 9.78 Å². The van der Waals surface area contributed by atoms with E-state index in [9.17, 15) is 9.90 Å². The normalized spacial score (nSPS) is 25.0. The third-order valence-electron chi connectivity index (χ3n) is 4.74. The summed E-state index contributed by atoms with van der Waals surface area (Å²) in [6.45, 7) is 9.36. The molecule has 1 aromatic rings. The second-order valence-electron chi connectivity index (χ2n) is 6.98. The molecule has 1 aromatic heterocycles. The van der Waals surface area contributed by atoms with E-state index >= 15 is 0 Å². The van der Waals surface area contributed by atoms with Gasteiger partial charge in [0.15, 0.2) is 0 Å². The lowest BCUT2D eigenvalue weighted by Gasteiger charge is -2.39. The summed E-state index contributed by atoms with van der Waals surface area (Å²) in [5.74, 6) is -0.694. The quantitative estimate of drug-likeness (QED) is 0.885. The highest BCUT2D eigenvalue weighted by molar-refractivity contribution is 9.10. The predicted molar refractivity (Wildman–Crippen MR) is 86.3 cm³/mol.